The minimum Gasteiger partial charge on any atom is -0.464 e. The molecule has 0 unspecified atom stereocenters. The summed E-state index contributed by atoms with van der Waals surface area (Å²) in [4.78, 5) is 8.08. The monoisotopic (exact) mass is 236 g/mol. The quantitative estimate of drug-likeness (QED) is 0.700. The van der Waals surface area contributed by atoms with Crippen molar-refractivity contribution >= 4 is 0 Å². The smallest absolute Gasteiger partial charge is 0.134 e. The van der Waals surface area contributed by atoms with E-state index in [2.05, 4.69) is 22.1 Å². The molecule has 0 amide bonds. The molecule has 0 fully saturated rings. The van der Waals surface area contributed by atoms with Crippen LogP contribution in [0.5, 0.6) is 0 Å². The molecule has 0 aliphatic carbocycles. The topological polar surface area (TPSA) is 38.9 Å². The number of rotatable bonds is 3. The van der Waals surface area contributed by atoms with Gasteiger partial charge in [-0.15, -0.1) is 0 Å². The minimum atomic E-state index is 0.803. The van der Waals surface area contributed by atoms with Gasteiger partial charge in [-0.05, 0) is 23.3 Å². The molecule has 0 bridgehead atoms. The number of nitrogens with zero attached hydrogens (tertiary/aromatic N) is 2. The zero-order chi connectivity index (χ0) is 12.2. The predicted molar refractivity (Wildman–Crippen MR) is 69.0 cm³/mol. The van der Waals surface area contributed by atoms with Crippen LogP contribution < -0.4 is 0 Å². The van der Waals surface area contributed by atoms with Gasteiger partial charge in [0.05, 0.1) is 6.26 Å². The summed E-state index contributed by atoms with van der Waals surface area (Å²) in [5, 5.41) is 0. The molecule has 0 aliphatic rings. The van der Waals surface area contributed by atoms with Crippen molar-refractivity contribution in [2.24, 2.45) is 0 Å². The predicted octanol–water partition coefficient (Wildman–Crippen LogP) is 3.33. The van der Waals surface area contributed by atoms with Gasteiger partial charge in [0, 0.05) is 24.4 Å². The first-order chi connectivity index (χ1) is 8.93. The Morgan fingerprint density at radius 3 is 2.56 bits per heavy atom. The van der Waals surface area contributed by atoms with E-state index in [9.17, 15) is 0 Å². The number of furan rings is 1. The van der Waals surface area contributed by atoms with Crippen molar-refractivity contribution in [2.75, 3.05) is 0 Å². The van der Waals surface area contributed by atoms with Gasteiger partial charge in [-0.2, -0.15) is 0 Å². The van der Waals surface area contributed by atoms with E-state index in [0.717, 1.165) is 23.3 Å². The SMILES string of the molecule is c1coc(-c2ccccc2Cc2cncnc2)c1. The standard InChI is InChI=1S/C15H12N2O/c1-2-5-14(15-6-3-7-18-15)13(4-1)8-12-9-16-11-17-10-12/h1-7,9-11H,8H2. The lowest BCUT2D eigenvalue weighted by Crippen LogP contribution is -1.93. The van der Waals surface area contributed by atoms with Crippen molar-refractivity contribution in [3.63, 3.8) is 0 Å². The minimum absolute atomic E-state index is 0.803. The molecule has 1 aromatic carbocycles. The first kappa shape index (κ1) is 10.7. The first-order valence-corrected chi connectivity index (χ1v) is 5.79. The molecule has 3 aromatic rings. The summed E-state index contributed by atoms with van der Waals surface area (Å²) in [5.74, 6) is 0.891. The highest BCUT2D eigenvalue weighted by atomic mass is 16.3. The maximum absolute atomic E-state index is 5.47. The van der Waals surface area contributed by atoms with Crippen LogP contribution in [0.25, 0.3) is 11.3 Å². The lowest BCUT2D eigenvalue weighted by molar-refractivity contribution is 0.581. The van der Waals surface area contributed by atoms with Gasteiger partial charge in [0.25, 0.3) is 0 Å². The zero-order valence-electron chi connectivity index (χ0n) is 9.78. The first-order valence-electron chi connectivity index (χ1n) is 5.79. The summed E-state index contributed by atoms with van der Waals surface area (Å²) in [7, 11) is 0. The van der Waals surface area contributed by atoms with Crippen molar-refractivity contribution in [2.45, 2.75) is 6.42 Å². The fourth-order valence-corrected chi connectivity index (χ4v) is 1.99. The lowest BCUT2D eigenvalue weighted by Gasteiger charge is -2.06. The number of benzene rings is 1. The molecule has 2 heterocycles. The fourth-order valence-electron chi connectivity index (χ4n) is 1.99. The summed E-state index contributed by atoms with van der Waals surface area (Å²) >= 11 is 0. The Bertz CT molecular complexity index is 618. The van der Waals surface area contributed by atoms with E-state index < -0.39 is 0 Å². The fraction of sp³-hybridized carbons (Fsp3) is 0.0667. The number of aromatic nitrogens is 2. The molecule has 0 saturated carbocycles. The van der Waals surface area contributed by atoms with E-state index >= 15 is 0 Å². The van der Waals surface area contributed by atoms with Gasteiger partial charge in [-0.3, -0.25) is 0 Å². The average molecular weight is 236 g/mol. The maximum atomic E-state index is 5.47. The Hall–Kier alpha value is -2.42. The molecule has 18 heavy (non-hydrogen) atoms. The largest absolute Gasteiger partial charge is 0.464 e. The molecule has 0 atom stereocenters. The summed E-state index contributed by atoms with van der Waals surface area (Å²) in [5.41, 5.74) is 3.42. The Balaban J connectivity index is 1.98. The summed E-state index contributed by atoms with van der Waals surface area (Å²) in [6.07, 6.45) is 7.72. The molecule has 3 rings (SSSR count). The molecule has 3 heteroatoms. The van der Waals surface area contributed by atoms with Crippen molar-refractivity contribution in [3.05, 3.63) is 72.5 Å². The van der Waals surface area contributed by atoms with Crippen LogP contribution in [0.2, 0.25) is 0 Å². The summed E-state index contributed by atoms with van der Waals surface area (Å²) in [6, 6.07) is 12.1. The van der Waals surface area contributed by atoms with Crippen molar-refractivity contribution in [1.82, 2.24) is 9.97 Å². The van der Waals surface area contributed by atoms with E-state index in [4.69, 9.17) is 4.42 Å². The highest BCUT2D eigenvalue weighted by Gasteiger charge is 2.07. The lowest BCUT2D eigenvalue weighted by atomic mass is 10.00. The molecular formula is C15H12N2O. The Morgan fingerprint density at radius 2 is 1.78 bits per heavy atom. The second kappa shape index (κ2) is 4.84. The van der Waals surface area contributed by atoms with E-state index in [1.54, 1.807) is 12.6 Å². The molecule has 0 radical (unpaired) electrons. The Labute approximate surface area is 105 Å². The second-order valence-electron chi connectivity index (χ2n) is 4.06. The number of hydrogen-bond donors (Lipinski definition) is 0. The highest BCUT2D eigenvalue weighted by Crippen LogP contribution is 2.25. The van der Waals surface area contributed by atoms with Crippen LogP contribution in [0.4, 0.5) is 0 Å². The third kappa shape index (κ3) is 2.15. The van der Waals surface area contributed by atoms with Crippen molar-refractivity contribution in [1.29, 1.82) is 0 Å². The molecule has 0 N–H and O–H groups in total. The molecule has 0 saturated heterocycles. The van der Waals surface area contributed by atoms with Gasteiger partial charge in [-0.25, -0.2) is 9.97 Å². The average Bonchev–Trinajstić information content (AvgIpc) is 2.94. The van der Waals surface area contributed by atoms with Gasteiger partial charge >= 0.3 is 0 Å². The Morgan fingerprint density at radius 1 is 0.944 bits per heavy atom. The van der Waals surface area contributed by atoms with Crippen molar-refractivity contribution in [3.8, 4) is 11.3 Å². The van der Waals surface area contributed by atoms with Crippen LogP contribution in [-0.2, 0) is 6.42 Å². The van der Waals surface area contributed by atoms with Crippen molar-refractivity contribution < 1.29 is 4.42 Å². The van der Waals surface area contributed by atoms with Gasteiger partial charge < -0.3 is 4.42 Å². The normalized spacial score (nSPS) is 10.4. The molecular weight excluding hydrogens is 224 g/mol. The van der Waals surface area contributed by atoms with Crippen LogP contribution in [-0.4, -0.2) is 9.97 Å². The van der Waals surface area contributed by atoms with E-state index in [-0.39, 0.29) is 0 Å². The van der Waals surface area contributed by atoms with Gasteiger partial charge in [0.1, 0.15) is 12.1 Å². The number of hydrogen-bond acceptors (Lipinski definition) is 3. The van der Waals surface area contributed by atoms with Crippen LogP contribution in [0.3, 0.4) is 0 Å². The zero-order valence-corrected chi connectivity index (χ0v) is 9.78. The van der Waals surface area contributed by atoms with Gasteiger partial charge in [0.2, 0.25) is 0 Å². The highest BCUT2D eigenvalue weighted by molar-refractivity contribution is 5.62. The van der Waals surface area contributed by atoms with E-state index in [1.165, 1.54) is 5.56 Å². The third-order valence-electron chi connectivity index (χ3n) is 2.81. The van der Waals surface area contributed by atoms with Gasteiger partial charge in [0.15, 0.2) is 0 Å². The molecule has 3 nitrogen and oxygen atoms in total. The van der Waals surface area contributed by atoms with Crippen LogP contribution in [0, 0.1) is 0 Å². The van der Waals surface area contributed by atoms with Crippen LogP contribution >= 0.6 is 0 Å². The Kier molecular flexibility index (Phi) is 2.88. The summed E-state index contributed by atoms with van der Waals surface area (Å²) < 4.78 is 5.47. The van der Waals surface area contributed by atoms with Gasteiger partial charge in [-0.1, -0.05) is 24.3 Å². The van der Waals surface area contributed by atoms with E-state index in [1.807, 2.05) is 36.7 Å². The van der Waals surface area contributed by atoms with Crippen LogP contribution in [0.1, 0.15) is 11.1 Å². The molecule has 88 valence electrons. The molecule has 0 spiro atoms. The third-order valence-corrected chi connectivity index (χ3v) is 2.81. The maximum Gasteiger partial charge on any atom is 0.134 e. The van der Waals surface area contributed by atoms with E-state index in [0.29, 0.717) is 0 Å². The second-order valence-corrected chi connectivity index (χ2v) is 4.06. The molecule has 2 aromatic heterocycles. The van der Waals surface area contributed by atoms with Crippen LogP contribution in [0.15, 0.2) is 65.8 Å². The summed E-state index contributed by atoms with van der Waals surface area (Å²) in [6.45, 7) is 0. The molecule has 0 aliphatic heterocycles.